The normalized spacial score (nSPS) is 8.94. The Balaban J connectivity index is 0.000000483. The molecule has 0 aliphatic rings. The molecule has 5 aromatic rings. The number of hydrogen-bond acceptors (Lipinski definition) is 1. The number of nitrogens with one attached hydrogen (secondary N) is 1. The molecule has 35 heavy (non-hydrogen) atoms. The van der Waals surface area contributed by atoms with Crippen LogP contribution in [-0.2, 0) is 25.8 Å². The number of rotatable bonds is 3. The number of aryl methyl sites for hydroxylation is 1. The molecule has 0 saturated heterocycles. The van der Waals surface area contributed by atoms with Crippen molar-refractivity contribution in [2.75, 3.05) is 0 Å². The van der Waals surface area contributed by atoms with Gasteiger partial charge in [0.1, 0.15) is 9.52 Å². The predicted molar refractivity (Wildman–Crippen MR) is 137 cm³/mol. The zero-order valence-electron chi connectivity index (χ0n) is 19.3. The number of carbonyl (C=O) groups excluding carboxylic acids is 1. The van der Waals surface area contributed by atoms with Gasteiger partial charge in [-0.2, -0.15) is 17.5 Å². The fourth-order valence-electron chi connectivity index (χ4n) is 3.07. The minimum Gasteiger partial charge on any atom is -1.00 e. The van der Waals surface area contributed by atoms with E-state index in [9.17, 15) is 4.79 Å². The summed E-state index contributed by atoms with van der Waals surface area (Å²) in [6, 6.07) is 42.8. The summed E-state index contributed by atoms with van der Waals surface area (Å²) in [5, 5.41) is 5.46. The molecule has 0 aliphatic heterocycles. The summed E-state index contributed by atoms with van der Waals surface area (Å²) in [5.41, 5.74) is 8.25. The van der Waals surface area contributed by atoms with Crippen molar-refractivity contribution < 1.29 is 55.5 Å². The Hall–Kier alpha value is -2.37. The molecule has 6 heteroatoms. The maximum Gasteiger partial charge on any atom is 4.00 e. The van der Waals surface area contributed by atoms with Crippen molar-refractivity contribution >= 4 is 36.6 Å². The zero-order chi connectivity index (χ0) is 22.6. The largest absolute Gasteiger partial charge is 4.00 e. The van der Waals surface area contributed by atoms with Crippen LogP contribution in [0.5, 0.6) is 0 Å². The van der Waals surface area contributed by atoms with Crippen molar-refractivity contribution in [2.45, 2.75) is 6.92 Å². The van der Waals surface area contributed by atoms with Crippen LogP contribution in [-0.4, -0.2) is 15.4 Å². The monoisotopic (exact) mass is 681 g/mol. The first-order valence-electron chi connectivity index (χ1n) is 10.4. The molecule has 0 saturated carbocycles. The Morgan fingerprint density at radius 3 is 1.74 bits per heavy atom. The number of carbonyl (C=O) groups is 1. The topological polar surface area (TPSA) is 40.9 Å². The van der Waals surface area contributed by atoms with Gasteiger partial charge in [0.15, 0.2) is 0 Å². The second-order valence-corrected chi connectivity index (χ2v) is 8.62. The minimum absolute atomic E-state index is 0. The maximum absolute atomic E-state index is 10.5. The van der Waals surface area contributed by atoms with Crippen LogP contribution in [0.2, 0.25) is 0 Å². The van der Waals surface area contributed by atoms with E-state index < -0.39 is 5.91 Å². The third-order valence-corrected chi connectivity index (χ3v) is 5.91. The molecule has 0 aromatic heterocycles. The van der Waals surface area contributed by atoms with Crippen LogP contribution in [0.4, 0.5) is 0 Å². The van der Waals surface area contributed by atoms with Gasteiger partial charge in [-0.3, -0.25) is 0 Å². The van der Waals surface area contributed by atoms with Gasteiger partial charge in [-0.25, -0.2) is 0 Å². The van der Waals surface area contributed by atoms with E-state index in [4.69, 9.17) is 5.73 Å². The van der Waals surface area contributed by atoms with Crippen molar-refractivity contribution in [3.05, 3.63) is 144 Å². The Bertz CT molecular complexity index is 1180. The Kier molecular flexibility index (Phi) is 16.8. The maximum atomic E-state index is 10.5. The second-order valence-electron chi connectivity index (χ2n) is 7.21. The molecular formula is C29H25Cl2HfNOSi. The van der Waals surface area contributed by atoms with Gasteiger partial charge in [0.2, 0.25) is 0 Å². The molecule has 0 aliphatic carbocycles. The third-order valence-electron chi connectivity index (χ3n) is 4.66. The molecule has 5 aromatic carbocycles. The molecule has 5 rings (SSSR count). The van der Waals surface area contributed by atoms with Gasteiger partial charge in [0, 0.05) is 0 Å². The van der Waals surface area contributed by atoms with Crippen molar-refractivity contribution in [1.29, 1.82) is 0 Å². The van der Waals surface area contributed by atoms with Crippen LogP contribution >= 0.6 is 0 Å². The smallest absolute Gasteiger partial charge is 1.00 e. The summed E-state index contributed by atoms with van der Waals surface area (Å²) in [7, 11) is 0.777. The van der Waals surface area contributed by atoms with Crippen LogP contribution in [0.15, 0.2) is 127 Å². The summed E-state index contributed by atoms with van der Waals surface area (Å²) in [5.74, 6) is -0.622. The van der Waals surface area contributed by atoms with Crippen molar-refractivity contribution in [1.82, 2.24) is 0 Å². The number of hydrogen-bond donors (Lipinski definition) is 0. The third kappa shape index (κ3) is 11.7. The molecule has 174 valence electrons. The molecule has 0 unspecified atom stereocenters. The zero-order valence-corrected chi connectivity index (χ0v) is 25.4. The fraction of sp³-hybridized carbons (Fsp3) is 0.0345. The fourth-order valence-corrected chi connectivity index (χ4v) is 4.12. The van der Waals surface area contributed by atoms with E-state index in [-0.39, 0.29) is 50.7 Å². The summed E-state index contributed by atoms with van der Waals surface area (Å²) >= 11 is 0. The molecule has 0 heterocycles. The van der Waals surface area contributed by atoms with Crippen molar-refractivity contribution in [2.24, 2.45) is 0 Å². The Morgan fingerprint density at radius 1 is 0.714 bits per heavy atom. The van der Waals surface area contributed by atoms with Crippen molar-refractivity contribution in [3.8, 4) is 0 Å². The average Bonchev–Trinajstić information content (AvgIpc) is 3.30. The quantitative estimate of drug-likeness (QED) is 0.197. The van der Waals surface area contributed by atoms with E-state index >= 15 is 0 Å². The van der Waals surface area contributed by atoms with E-state index in [0.29, 0.717) is 5.56 Å². The van der Waals surface area contributed by atoms with E-state index in [0.717, 1.165) is 15.1 Å². The number of amides is 1. The average molecular weight is 681 g/mol. The SMILES string of the molecule is Cc1cccc(C([NH-])=O)c1.[Cl-].[Cl-].[Hf+4].c1ccc([Si]c2ccccc2)cc1.c1ccc2[cH-]ccc2c1. The van der Waals surface area contributed by atoms with Crippen LogP contribution < -0.4 is 35.2 Å². The van der Waals surface area contributed by atoms with Crippen molar-refractivity contribution in [3.63, 3.8) is 0 Å². The van der Waals surface area contributed by atoms with Gasteiger partial charge >= 0.3 is 25.8 Å². The first-order chi connectivity index (χ1) is 15.6. The van der Waals surface area contributed by atoms with Gasteiger partial charge in [0.25, 0.3) is 0 Å². The Labute approximate surface area is 241 Å². The molecular weight excluding hydrogens is 656 g/mol. The van der Waals surface area contributed by atoms with Crippen LogP contribution in [0.3, 0.4) is 0 Å². The van der Waals surface area contributed by atoms with E-state index in [2.05, 4.69) is 103 Å². The van der Waals surface area contributed by atoms with Gasteiger partial charge in [-0.1, -0.05) is 107 Å². The van der Waals surface area contributed by atoms with Crippen LogP contribution in [0, 0.1) is 6.92 Å². The van der Waals surface area contributed by atoms with Gasteiger partial charge in [0.05, 0.1) is 5.91 Å². The molecule has 0 atom stereocenters. The minimum atomic E-state index is -0.622. The first kappa shape index (κ1) is 32.6. The van der Waals surface area contributed by atoms with Gasteiger partial charge in [-0.15, -0.1) is 29.7 Å². The number of benzene rings is 4. The van der Waals surface area contributed by atoms with E-state index in [1.165, 1.54) is 21.1 Å². The first-order valence-corrected chi connectivity index (χ1v) is 11.4. The van der Waals surface area contributed by atoms with Gasteiger partial charge in [-0.05, 0) is 12.5 Å². The molecule has 0 fully saturated rings. The van der Waals surface area contributed by atoms with Crippen LogP contribution in [0.1, 0.15) is 15.9 Å². The summed E-state index contributed by atoms with van der Waals surface area (Å²) < 4.78 is 0. The molecule has 2 nitrogen and oxygen atoms in total. The Morgan fingerprint density at radius 2 is 1.26 bits per heavy atom. The standard InChI is InChI=1S/C12H10Si.C9H7.C8H9NO.2ClH.Hf/c1-3-7-11(8-4-1)13-12-9-5-2-6-10-12;1-2-5-9-7-3-6-8(9)4-1;1-6-3-2-4-7(5-6)8(9)10;;;/h1-10H;1-7H;2-5H,1H3,(H2,9,10);2*1H;/q;-1;;;;+4/p-3. The summed E-state index contributed by atoms with van der Waals surface area (Å²) in [6.07, 6.45) is 0. The second kappa shape index (κ2) is 18.0. The molecule has 1 amide bonds. The summed E-state index contributed by atoms with van der Waals surface area (Å²) in [6.45, 7) is 1.90. The van der Waals surface area contributed by atoms with E-state index in [1.54, 1.807) is 18.2 Å². The summed E-state index contributed by atoms with van der Waals surface area (Å²) in [4.78, 5) is 10.5. The molecule has 0 bridgehead atoms. The van der Waals surface area contributed by atoms with Gasteiger partial charge < -0.3 is 35.3 Å². The predicted octanol–water partition coefficient (Wildman–Crippen LogP) is 0.0932. The number of halogens is 2. The molecule has 2 radical (unpaired) electrons. The molecule has 0 spiro atoms. The number of fused-ring (bicyclic) bond motifs is 1. The molecule has 1 N–H and O–H groups in total. The van der Waals surface area contributed by atoms with Crippen LogP contribution in [0.25, 0.3) is 16.5 Å². The van der Waals surface area contributed by atoms with E-state index in [1.807, 2.05) is 13.0 Å².